The molecule has 0 aromatic heterocycles. The van der Waals surface area contributed by atoms with E-state index in [0.717, 1.165) is 5.39 Å². The van der Waals surface area contributed by atoms with Crippen molar-refractivity contribution in [2.24, 2.45) is 0 Å². The third-order valence-corrected chi connectivity index (χ3v) is 4.31. The van der Waals surface area contributed by atoms with Crippen LogP contribution in [0.25, 0.3) is 10.8 Å². The Kier molecular flexibility index (Phi) is 3.36. The monoisotopic (exact) mass is 284 g/mol. The molecule has 0 fully saturated rings. The van der Waals surface area contributed by atoms with Gasteiger partial charge in [-0.05, 0) is 22.9 Å². The van der Waals surface area contributed by atoms with Crippen molar-refractivity contribution in [3.05, 3.63) is 40.9 Å². The summed E-state index contributed by atoms with van der Waals surface area (Å²) in [5.74, 6) is 0.0719. The summed E-state index contributed by atoms with van der Waals surface area (Å²) in [6.45, 7) is 3.84. The Morgan fingerprint density at radius 3 is 2.39 bits per heavy atom. The normalized spacial score (nSPS) is 12.3. The van der Waals surface area contributed by atoms with Crippen LogP contribution >= 0.6 is 11.6 Å². The first-order chi connectivity index (χ1) is 8.32. The lowest BCUT2D eigenvalue weighted by Gasteiger charge is -2.14. The van der Waals surface area contributed by atoms with Gasteiger partial charge in [-0.1, -0.05) is 49.7 Å². The van der Waals surface area contributed by atoms with Crippen molar-refractivity contribution in [1.29, 1.82) is 0 Å². The Hall–Kier alpha value is -1.10. The summed E-state index contributed by atoms with van der Waals surface area (Å²) in [4.78, 5) is -0.203. The number of fused-ring (bicyclic) bond motifs is 1. The van der Waals surface area contributed by atoms with E-state index < -0.39 is 10.1 Å². The highest BCUT2D eigenvalue weighted by molar-refractivity contribution is 7.86. The second-order valence-corrected chi connectivity index (χ2v) is 6.20. The first-order valence-electron chi connectivity index (χ1n) is 5.51. The number of hydrogen-bond acceptors (Lipinski definition) is 2. The van der Waals surface area contributed by atoms with E-state index in [9.17, 15) is 13.0 Å². The molecule has 1 N–H and O–H groups in total. The van der Waals surface area contributed by atoms with Gasteiger partial charge in [0.1, 0.15) is 4.90 Å². The maximum atomic E-state index is 11.5. The van der Waals surface area contributed by atoms with Crippen LogP contribution in [0.4, 0.5) is 0 Å². The van der Waals surface area contributed by atoms with Gasteiger partial charge in [-0.15, -0.1) is 0 Å². The van der Waals surface area contributed by atoms with Crippen molar-refractivity contribution in [1.82, 2.24) is 0 Å². The molecule has 2 aromatic rings. The van der Waals surface area contributed by atoms with E-state index in [1.165, 1.54) is 0 Å². The zero-order valence-corrected chi connectivity index (χ0v) is 11.6. The van der Waals surface area contributed by atoms with Crippen LogP contribution < -0.4 is 0 Å². The molecule has 2 aromatic carbocycles. The summed E-state index contributed by atoms with van der Waals surface area (Å²) in [6.07, 6.45) is 0. The summed E-state index contributed by atoms with van der Waals surface area (Å²) < 4.78 is 32.4. The predicted molar refractivity (Wildman–Crippen MR) is 72.9 cm³/mol. The van der Waals surface area contributed by atoms with Crippen LogP contribution in [-0.4, -0.2) is 13.0 Å². The van der Waals surface area contributed by atoms with Crippen molar-refractivity contribution in [3.63, 3.8) is 0 Å². The largest absolute Gasteiger partial charge is 0.296 e. The maximum absolute atomic E-state index is 11.5. The van der Waals surface area contributed by atoms with Gasteiger partial charge in [-0.25, -0.2) is 0 Å². The van der Waals surface area contributed by atoms with Crippen molar-refractivity contribution < 1.29 is 13.0 Å². The maximum Gasteiger partial charge on any atom is 0.296 e. The third-order valence-electron chi connectivity index (χ3n) is 2.85. The van der Waals surface area contributed by atoms with Gasteiger partial charge >= 0.3 is 0 Å². The molecule has 0 aliphatic rings. The molecule has 96 valence electrons. The molecule has 0 atom stereocenters. The van der Waals surface area contributed by atoms with E-state index in [1.807, 2.05) is 26.0 Å². The second kappa shape index (κ2) is 4.53. The lowest BCUT2D eigenvalue weighted by molar-refractivity contribution is 0.484. The van der Waals surface area contributed by atoms with Crippen molar-refractivity contribution in [3.8, 4) is 0 Å². The van der Waals surface area contributed by atoms with Gasteiger partial charge in [0.2, 0.25) is 0 Å². The topological polar surface area (TPSA) is 54.4 Å². The van der Waals surface area contributed by atoms with Crippen LogP contribution in [0.2, 0.25) is 5.02 Å². The van der Waals surface area contributed by atoms with Crippen molar-refractivity contribution in [2.45, 2.75) is 24.7 Å². The fourth-order valence-corrected chi connectivity index (χ4v) is 3.46. The van der Waals surface area contributed by atoms with Gasteiger partial charge in [0.15, 0.2) is 0 Å². The van der Waals surface area contributed by atoms with E-state index >= 15 is 0 Å². The number of hydrogen-bond donors (Lipinski definition) is 1. The van der Waals surface area contributed by atoms with Gasteiger partial charge < -0.3 is 0 Å². The highest BCUT2D eigenvalue weighted by Gasteiger charge is 2.22. The van der Waals surface area contributed by atoms with Gasteiger partial charge in [0, 0.05) is 5.39 Å². The van der Waals surface area contributed by atoms with Crippen LogP contribution in [0.1, 0.15) is 25.3 Å². The minimum Gasteiger partial charge on any atom is -0.282 e. The Morgan fingerprint density at radius 2 is 1.83 bits per heavy atom. The average molecular weight is 285 g/mol. The zero-order valence-electron chi connectivity index (χ0n) is 10.0. The lowest BCUT2D eigenvalue weighted by atomic mass is 9.99. The predicted octanol–water partition coefficient (Wildman–Crippen LogP) is 3.86. The first-order valence-corrected chi connectivity index (χ1v) is 7.33. The Morgan fingerprint density at radius 1 is 1.22 bits per heavy atom. The fraction of sp³-hybridized carbons (Fsp3) is 0.231. The van der Waals surface area contributed by atoms with E-state index in [2.05, 4.69) is 0 Å². The van der Waals surface area contributed by atoms with Crippen molar-refractivity contribution in [2.75, 3.05) is 0 Å². The molecule has 0 spiro atoms. The Labute approximate surface area is 111 Å². The van der Waals surface area contributed by atoms with Crippen LogP contribution in [0.3, 0.4) is 0 Å². The molecular formula is C13H13ClO3S. The van der Waals surface area contributed by atoms with Crippen LogP contribution in [0, 0.1) is 0 Å². The summed E-state index contributed by atoms with van der Waals surface area (Å²) in [7, 11) is -4.35. The summed E-state index contributed by atoms with van der Waals surface area (Å²) in [6, 6.07) is 8.81. The lowest BCUT2D eigenvalue weighted by Crippen LogP contribution is -2.03. The third kappa shape index (κ3) is 2.23. The minimum atomic E-state index is -4.35. The molecule has 18 heavy (non-hydrogen) atoms. The van der Waals surface area contributed by atoms with E-state index in [-0.39, 0.29) is 15.8 Å². The van der Waals surface area contributed by atoms with Crippen LogP contribution in [0.15, 0.2) is 35.2 Å². The standard InChI is InChI=1S/C13H13ClO3S/c1-8(2)11-7-9-5-3-4-6-10(9)13(12(11)14)18(15,16)17/h3-8H,1-2H3,(H,15,16,17). The molecule has 5 heteroatoms. The summed E-state index contributed by atoms with van der Waals surface area (Å²) in [5, 5.41) is 1.29. The quantitative estimate of drug-likeness (QED) is 0.852. The van der Waals surface area contributed by atoms with Gasteiger partial charge in [-0.2, -0.15) is 8.42 Å². The number of halogens is 1. The second-order valence-electron chi connectivity index (χ2n) is 4.46. The molecule has 0 unspecified atom stereocenters. The highest BCUT2D eigenvalue weighted by Crippen LogP contribution is 2.36. The van der Waals surface area contributed by atoms with Crippen LogP contribution in [-0.2, 0) is 10.1 Å². The van der Waals surface area contributed by atoms with Gasteiger partial charge in [0.05, 0.1) is 5.02 Å². The Balaban J connectivity index is 3.00. The molecule has 3 nitrogen and oxygen atoms in total. The molecule has 0 heterocycles. The molecule has 0 saturated carbocycles. The van der Waals surface area contributed by atoms with E-state index in [1.54, 1.807) is 18.2 Å². The summed E-state index contributed by atoms with van der Waals surface area (Å²) in [5.41, 5.74) is 0.711. The molecular weight excluding hydrogens is 272 g/mol. The van der Waals surface area contributed by atoms with Crippen LogP contribution in [0.5, 0.6) is 0 Å². The van der Waals surface area contributed by atoms with E-state index in [0.29, 0.717) is 10.9 Å². The highest BCUT2D eigenvalue weighted by atomic mass is 35.5. The first kappa shape index (κ1) is 13.3. The summed E-state index contributed by atoms with van der Waals surface area (Å²) >= 11 is 6.13. The Bertz CT molecular complexity index is 705. The fourth-order valence-electron chi connectivity index (χ4n) is 1.98. The minimum absolute atomic E-state index is 0.0719. The number of rotatable bonds is 2. The average Bonchev–Trinajstić information content (AvgIpc) is 2.25. The van der Waals surface area contributed by atoms with Gasteiger partial charge in [0.25, 0.3) is 10.1 Å². The molecule has 0 aliphatic carbocycles. The molecule has 0 amide bonds. The van der Waals surface area contributed by atoms with E-state index in [4.69, 9.17) is 11.6 Å². The van der Waals surface area contributed by atoms with Crippen molar-refractivity contribution >= 4 is 32.5 Å². The SMILES string of the molecule is CC(C)c1cc2ccccc2c(S(=O)(=O)O)c1Cl. The van der Waals surface area contributed by atoms with Gasteiger partial charge in [-0.3, -0.25) is 4.55 Å². The molecule has 2 rings (SSSR count). The molecule has 0 aliphatic heterocycles. The molecule has 0 radical (unpaired) electrons. The smallest absolute Gasteiger partial charge is 0.282 e. The molecule has 0 saturated heterocycles. The zero-order chi connectivity index (χ0) is 13.5. The number of benzene rings is 2. The molecule has 0 bridgehead atoms.